The number of hydrogen-bond donors (Lipinski definition) is 1. The highest BCUT2D eigenvalue weighted by Crippen LogP contribution is 2.44. The summed E-state index contributed by atoms with van der Waals surface area (Å²) in [4.78, 5) is 2.43. The van der Waals surface area contributed by atoms with Crippen LogP contribution in [0.1, 0.15) is 36.1 Å². The Kier molecular flexibility index (Phi) is 4.62. The zero-order valence-electron chi connectivity index (χ0n) is 15.1. The highest BCUT2D eigenvalue weighted by Gasteiger charge is 2.49. The summed E-state index contributed by atoms with van der Waals surface area (Å²) in [6, 6.07) is 31.1. The first-order valence-corrected chi connectivity index (χ1v) is 9.35. The van der Waals surface area contributed by atoms with Crippen molar-refractivity contribution in [2.24, 2.45) is 0 Å². The summed E-state index contributed by atoms with van der Waals surface area (Å²) in [7, 11) is 0. The Morgan fingerprint density at radius 3 is 1.69 bits per heavy atom. The molecule has 3 aromatic carbocycles. The van der Waals surface area contributed by atoms with Crippen LogP contribution in [0.2, 0.25) is 0 Å². The molecule has 1 heterocycles. The third kappa shape index (κ3) is 2.86. The van der Waals surface area contributed by atoms with Crippen molar-refractivity contribution in [3.63, 3.8) is 0 Å². The molecule has 3 aromatic rings. The molecule has 1 fully saturated rings. The molecule has 1 saturated heterocycles. The summed E-state index contributed by atoms with van der Waals surface area (Å²) in [5.41, 5.74) is 2.20. The second kappa shape index (κ2) is 7.06. The molecule has 0 bridgehead atoms. The van der Waals surface area contributed by atoms with Gasteiger partial charge < -0.3 is 5.11 Å². The lowest BCUT2D eigenvalue weighted by Crippen LogP contribution is -2.60. The first-order valence-electron chi connectivity index (χ1n) is 9.35. The predicted octanol–water partition coefficient (Wildman–Crippen LogP) is 4.76. The molecular formula is C24H25NO. The maximum Gasteiger partial charge on any atom is 0.130 e. The number of aliphatic hydroxyl groups is 1. The fourth-order valence-electron chi connectivity index (χ4n) is 4.18. The fourth-order valence-corrected chi connectivity index (χ4v) is 4.18. The maximum absolute atomic E-state index is 12.0. The summed E-state index contributed by atoms with van der Waals surface area (Å²) >= 11 is 0. The highest BCUT2D eigenvalue weighted by atomic mass is 16.3. The molecule has 0 aliphatic carbocycles. The molecule has 2 atom stereocenters. The molecule has 0 amide bonds. The van der Waals surface area contributed by atoms with Crippen molar-refractivity contribution >= 4 is 0 Å². The summed E-state index contributed by atoms with van der Waals surface area (Å²) in [6.45, 7) is 3.24. The zero-order chi connectivity index (χ0) is 18.0. The summed E-state index contributed by atoms with van der Waals surface area (Å²) in [6.07, 6.45) is 0.984. The van der Waals surface area contributed by atoms with Crippen LogP contribution in [0.25, 0.3) is 0 Å². The Labute approximate surface area is 155 Å². The van der Waals surface area contributed by atoms with Crippen molar-refractivity contribution in [1.82, 2.24) is 4.90 Å². The van der Waals surface area contributed by atoms with E-state index in [1.165, 1.54) is 5.56 Å². The van der Waals surface area contributed by atoms with Gasteiger partial charge in [-0.2, -0.15) is 0 Å². The largest absolute Gasteiger partial charge is 0.379 e. The van der Waals surface area contributed by atoms with E-state index in [1.807, 2.05) is 66.7 Å². The molecule has 0 saturated carbocycles. The van der Waals surface area contributed by atoms with Crippen LogP contribution >= 0.6 is 0 Å². The third-order valence-corrected chi connectivity index (χ3v) is 5.75. The standard InChI is InChI=1S/C24H25NO/c1-19(20-11-5-2-6-12-20)25-18-17-23(25)24(26,21-13-7-3-8-14-21)22-15-9-4-10-16-22/h2-16,19,23,26H,17-18H2,1H3. The molecule has 26 heavy (non-hydrogen) atoms. The molecule has 1 aliphatic rings. The Morgan fingerprint density at radius 2 is 1.27 bits per heavy atom. The van der Waals surface area contributed by atoms with E-state index in [1.54, 1.807) is 0 Å². The average Bonchev–Trinajstić information content (AvgIpc) is 2.69. The van der Waals surface area contributed by atoms with Crippen LogP contribution in [0, 0.1) is 0 Å². The monoisotopic (exact) mass is 343 g/mol. The second-order valence-electron chi connectivity index (χ2n) is 7.13. The van der Waals surface area contributed by atoms with Gasteiger partial charge in [-0.25, -0.2) is 0 Å². The van der Waals surface area contributed by atoms with Crippen LogP contribution in [-0.4, -0.2) is 22.6 Å². The maximum atomic E-state index is 12.0. The van der Waals surface area contributed by atoms with Crippen LogP contribution in [0.4, 0.5) is 0 Å². The lowest BCUT2D eigenvalue weighted by molar-refractivity contribution is -0.0893. The topological polar surface area (TPSA) is 23.5 Å². The Morgan fingerprint density at radius 1 is 0.808 bits per heavy atom. The molecule has 0 spiro atoms. The number of hydrogen-bond acceptors (Lipinski definition) is 2. The molecule has 2 unspecified atom stereocenters. The van der Waals surface area contributed by atoms with E-state index in [0.717, 1.165) is 24.1 Å². The average molecular weight is 343 g/mol. The number of nitrogens with zero attached hydrogens (tertiary/aromatic N) is 1. The Bertz CT molecular complexity index is 792. The molecular weight excluding hydrogens is 318 g/mol. The highest BCUT2D eigenvalue weighted by molar-refractivity contribution is 5.39. The minimum Gasteiger partial charge on any atom is -0.379 e. The molecule has 2 nitrogen and oxygen atoms in total. The summed E-state index contributed by atoms with van der Waals surface area (Å²) < 4.78 is 0. The van der Waals surface area contributed by atoms with Crippen LogP contribution in [0.3, 0.4) is 0 Å². The molecule has 2 heteroatoms. The van der Waals surface area contributed by atoms with Gasteiger partial charge in [0.1, 0.15) is 5.60 Å². The quantitative estimate of drug-likeness (QED) is 0.722. The van der Waals surface area contributed by atoms with Gasteiger partial charge in [0, 0.05) is 18.6 Å². The van der Waals surface area contributed by atoms with Crippen molar-refractivity contribution in [3.8, 4) is 0 Å². The van der Waals surface area contributed by atoms with E-state index < -0.39 is 5.60 Å². The molecule has 1 aliphatic heterocycles. The lowest BCUT2D eigenvalue weighted by atomic mass is 9.74. The van der Waals surface area contributed by atoms with Crippen LogP contribution in [0.15, 0.2) is 91.0 Å². The van der Waals surface area contributed by atoms with Crippen molar-refractivity contribution in [2.75, 3.05) is 6.54 Å². The van der Waals surface area contributed by atoms with E-state index in [4.69, 9.17) is 0 Å². The summed E-state index contributed by atoms with van der Waals surface area (Å²) in [5, 5.41) is 12.0. The van der Waals surface area contributed by atoms with Crippen molar-refractivity contribution in [3.05, 3.63) is 108 Å². The first kappa shape index (κ1) is 17.0. The smallest absolute Gasteiger partial charge is 0.130 e. The van der Waals surface area contributed by atoms with Gasteiger partial charge in [-0.15, -0.1) is 0 Å². The summed E-state index contributed by atoms with van der Waals surface area (Å²) in [5.74, 6) is 0. The number of likely N-dealkylation sites (tertiary alicyclic amines) is 1. The molecule has 132 valence electrons. The van der Waals surface area contributed by atoms with Gasteiger partial charge in [0.15, 0.2) is 0 Å². The van der Waals surface area contributed by atoms with Gasteiger partial charge in [-0.1, -0.05) is 91.0 Å². The second-order valence-corrected chi connectivity index (χ2v) is 7.13. The van der Waals surface area contributed by atoms with E-state index in [2.05, 4.69) is 36.1 Å². The van der Waals surface area contributed by atoms with Crippen molar-refractivity contribution in [1.29, 1.82) is 0 Å². The Balaban J connectivity index is 1.73. The zero-order valence-corrected chi connectivity index (χ0v) is 15.1. The minimum atomic E-state index is -1.01. The minimum absolute atomic E-state index is 0.0579. The van der Waals surface area contributed by atoms with Crippen LogP contribution in [-0.2, 0) is 5.60 Å². The van der Waals surface area contributed by atoms with Gasteiger partial charge in [0.25, 0.3) is 0 Å². The predicted molar refractivity (Wildman–Crippen MR) is 106 cm³/mol. The van der Waals surface area contributed by atoms with Crippen LogP contribution < -0.4 is 0 Å². The molecule has 0 aromatic heterocycles. The van der Waals surface area contributed by atoms with Gasteiger partial charge in [0.2, 0.25) is 0 Å². The van der Waals surface area contributed by atoms with E-state index >= 15 is 0 Å². The van der Waals surface area contributed by atoms with Crippen molar-refractivity contribution < 1.29 is 5.11 Å². The molecule has 1 N–H and O–H groups in total. The van der Waals surface area contributed by atoms with E-state index in [9.17, 15) is 5.11 Å². The SMILES string of the molecule is CC(c1ccccc1)N1CCC1C(O)(c1ccccc1)c1ccccc1. The lowest BCUT2D eigenvalue weighted by Gasteiger charge is -2.53. The van der Waals surface area contributed by atoms with E-state index in [-0.39, 0.29) is 12.1 Å². The normalized spacial score (nSPS) is 18.9. The number of rotatable bonds is 5. The molecule has 4 rings (SSSR count). The number of benzene rings is 3. The van der Waals surface area contributed by atoms with Gasteiger partial charge in [0.05, 0.1) is 0 Å². The van der Waals surface area contributed by atoms with Crippen molar-refractivity contribution in [2.45, 2.75) is 31.0 Å². The Hall–Kier alpha value is -2.42. The van der Waals surface area contributed by atoms with Gasteiger partial charge in [-0.05, 0) is 30.0 Å². The molecule has 0 radical (unpaired) electrons. The van der Waals surface area contributed by atoms with Gasteiger partial charge >= 0.3 is 0 Å². The van der Waals surface area contributed by atoms with Gasteiger partial charge in [-0.3, -0.25) is 4.90 Å². The van der Waals surface area contributed by atoms with Crippen LogP contribution in [0.5, 0.6) is 0 Å². The van der Waals surface area contributed by atoms with E-state index in [0.29, 0.717) is 0 Å². The fraction of sp³-hybridized carbons (Fsp3) is 0.250. The first-order chi connectivity index (χ1) is 12.7. The third-order valence-electron chi connectivity index (χ3n) is 5.75.